The van der Waals surface area contributed by atoms with E-state index in [2.05, 4.69) is 39.5 Å². The first-order valence-electron chi connectivity index (χ1n) is 13.0. The number of nitrogens with zero attached hydrogens (tertiary/aromatic N) is 2. The number of amides is 1. The molecule has 36 heavy (non-hydrogen) atoms. The smallest absolute Gasteiger partial charge is 0.295 e. The summed E-state index contributed by atoms with van der Waals surface area (Å²) < 4.78 is 5.82. The number of benzene rings is 2. The van der Waals surface area contributed by atoms with Gasteiger partial charge in [-0.2, -0.15) is 0 Å². The second kappa shape index (κ2) is 12.2. The minimum atomic E-state index is -0.642. The van der Waals surface area contributed by atoms with E-state index in [1.807, 2.05) is 37.3 Å². The van der Waals surface area contributed by atoms with Crippen LogP contribution >= 0.6 is 0 Å². The third-order valence-corrected chi connectivity index (χ3v) is 6.83. The topological polar surface area (TPSA) is 70.1 Å². The Bertz CT molecular complexity index is 1100. The van der Waals surface area contributed by atoms with Gasteiger partial charge in [0.25, 0.3) is 11.7 Å². The second-order valence-electron chi connectivity index (χ2n) is 9.80. The summed E-state index contributed by atoms with van der Waals surface area (Å²) in [6.07, 6.45) is 0.896. The molecule has 1 heterocycles. The number of hydrogen-bond acceptors (Lipinski definition) is 5. The quantitative estimate of drug-likeness (QED) is 0.260. The van der Waals surface area contributed by atoms with Crippen molar-refractivity contribution in [3.63, 3.8) is 0 Å². The predicted octanol–water partition coefficient (Wildman–Crippen LogP) is 5.36. The highest BCUT2D eigenvalue weighted by Gasteiger charge is 2.46. The van der Waals surface area contributed by atoms with Gasteiger partial charge in [0.1, 0.15) is 11.5 Å². The number of ether oxygens (including phenoxy) is 1. The van der Waals surface area contributed by atoms with Gasteiger partial charge < -0.3 is 19.6 Å². The van der Waals surface area contributed by atoms with E-state index in [9.17, 15) is 14.7 Å². The molecule has 1 saturated heterocycles. The number of rotatable bonds is 11. The number of aliphatic hydroxyl groups is 1. The van der Waals surface area contributed by atoms with Gasteiger partial charge in [-0.05, 0) is 67.2 Å². The van der Waals surface area contributed by atoms with Crippen molar-refractivity contribution in [2.24, 2.45) is 5.92 Å². The van der Waals surface area contributed by atoms with Crippen molar-refractivity contribution < 1.29 is 19.4 Å². The van der Waals surface area contributed by atoms with Crippen LogP contribution in [0.2, 0.25) is 0 Å². The Labute approximate surface area is 215 Å². The van der Waals surface area contributed by atoms with E-state index in [-0.39, 0.29) is 11.3 Å². The Morgan fingerprint density at radius 1 is 1.06 bits per heavy atom. The van der Waals surface area contributed by atoms with E-state index in [4.69, 9.17) is 4.74 Å². The van der Waals surface area contributed by atoms with Crippen LogP contribution in [0.25, 0.3) is 5.76 Å². The number of Topliss-reactive ketones (excluding diaryl/α,β-unsaturated/α-hetero) is 1. The summed E-state index contributed by atoms with van der Waals surface area (Å²) in [7, 11) is 0. The van der Waals surface area contributed by atoms with Crippen molar-refractivity contribution in [2.45, 2.75) is 54.0 Å². The molecule has 1 atom stereocenters. The molecule has 1 fully saturated rings. The fourth-order valence-electron chi connectivity index (χ4n) is 4.58. The van der Waals surface area contributed by atoms with E-state index >= 15 is 0 Å². The highest BCUT2D eigenvalue weighted by Crippen LogP contribution is 2.40. The van der Waals surface area contributed by atoms with Gasteiger partial charge in [0.05, 0.1) is 18.2 Å². The molecule has 0 spiro atoms. The molecule has 2 aromatic rings. The van der Waals surface area contributed by atoms with Gasteiger partial charge in [-0.15, -0.1) is 0 Å². The zero-order valence-electron chi connectivity index (χ0n) is 22.5. The molecular weight excluding hydrogens is 452 g/mol. The lowest BCUT2D eigenvalue weighted by Gasteiger charge is -2.28. The first kappa shape index (κ1) is 27.5. The molecule has 0 saturated carbocycles. The van der Waals surface area contributed by atoms with Crippen LogP contribution in [0.1, 0.15) is 62.9 Å². The predicted molar refractivity (Wildman–Crippen MR) is 144 cm³/mol. The molecule has 194 valence electrons. The van der Waals surface area contributed by atoms with Crippen LogP contribution in [0.3, 0.4) is 0 Å². The molecular formula is C30H40N2O4. The Kier molecular flexibility index (Phi) is 9.32. The lowest BCUT2D eigenvalue weighted by molar-refractivity contribution is -0.140. The fraction of sp³-hybridized carbons (Fsp3) is 0.467. The lowest BCUT2D eigenvalue weighted by Crippen LogP contribution is -2.38. The summed E-state index contributed by atoms with van der Waals surface area (Å²) in [6, 6.07) is 12.7. The maximum atomic E-state index is 13.3. The van der Waals surface area contributed by atoms with Crippen LogP contribution in [0.4, 0.5) is 0 Å². The van der Waals surface area contributed by atoms with E-state index in [0.29, 0.717) is 36.9 Å². The Hall–Kier alpha value is -3.12. The van der Waals surface area contributed by atoms with E-state index in [1.165, 1.54) is 5.56 Å². The first-order valence-corrected chi connectivity index (χ1v) is 13.0. The average molecular weight is 493 g/mol. The number of carbonyl (C=O) groups excluding carboxylic acids is 2. The largest absolute Gasteiger partial charge is 0.507 e. The maximum Gasteiger partial charge on any atom is 0.295 e. The van der Waals surface area contributed by atoms with Gasteiger partial charge in [-0.3, -0.25) is 9.59 Å². The molecule has 0 bridgehead atoms. The molecule has 0 aliphatic carbocycles. The van der Waals surface area contributed by atoms with Crippen molar-refractivity contribution in [1.29, 1.82) is 0 Å². The molecule has 1 unspecified atom stereocenters. The Morgan fingerprint density at radius 2 is 1.72 bits per heavy atom. The van der Waals surface area contributed by atoms with Crippen molar-refractivity contribution in [3.05, 3.63) is 70.3 Å². The van der Waals surface area contributed by atoms with Gasteiger partial charge in [-0.25, -0.2) is 0 Å². The maximum absolute atomic E-state index is 13.3. The minimum Gasteiger partial charge on any atom is -0.507 e. The van der Waals surface area contributed by atoms with Gasteiger partial charge in [0, 0.05) is 18.7 Å². The molecule has 1 aliphatic heterocycles. The van der Waals surface area contributed by atoms with Crippen LogP contribution in [-0.2, 0) is 16.0 Å². The summed E-state index contributed by atoms with van der Waals surface area (Å²) in [6.45, 7) is 15.7. The number of aliphatic hydroxyl groups excluding tert-OH is 1. The van der Waals surface area contributed by atoms with Gasteiger partial charge in [0.15, 0.2) is 0 Å². The molecule has 6 nitrogen and oxygen atoms in total. The number of likely N-dealkylation sites (N-methyl/N-ethyl adjacent to an activating group) is 1. The van der Waals surface area contributed by atoms with Crippen molar-refractivity contribution in [2.75, 3.05) is 32.8 Å². The fourth-order valence-corrected chi connectivity index (χ4v) is 4.58. The number of carbonyl (C=O) groups is 2. The van der Waals surface area contributed by atoms with E-state index in [1.54, 1.807) is 17.0 Å². The Balaban J connectivity index is 2.06. The summed E-state index contributed by atoms with van der Waals surface area (Å²) >= 11 is 0. The molecule has 0 radical (unpaired) electrons. The lowest BCUT2D eigenvalue weighted by atomic mass is 9.93. The summed E-state index contributed by atoms with van der Waals surface area (Å²) in [5.74, 6) is -0.246. The number of aryl methyl sites for hydroxylation is 2. The molecule has 3 rings (SSSR count). The van der Waals surface area contributed by atoms with Crippen LogP contribution < -0.4 is 4.74 Å². The minimum absolute atomic E-state index is 0.141. The van der Waals surface area contributed by atoms with Crippen LogP contribution in [0.15, 0.2) is 48.0 Å². The molecule has 6 heteroatoms. The Morgan fingerprint density at radius 3 is 2.28 bits per heavy atom. The molecule has 1 N–H and O–H groups in total. The SMILES string of the molecule is CCc1ccc(C2C(=C(O)c3ccc(OCC(C)C)cc3C)C(=O)C(=O)N2CCN(CC)CC)cc1. The summed E-state index contributed by atoms with van der Waals surface area (Å²) in [5, 5.41) is 11.4. The summed E-state index contributed by atoms with van der Waals surface area (Å²) in [4.78, 5) is 30.4. The molecule has 0 aromatic heterocycles. The molecule has 2 aromatic carbocycles. The van der Waals surface area contributed by atoms with Gasteiger partial charge in [-0.1, -0.05) is 58.9 Å². The third kappa shape index (κ3) is 5.98. The van der Waals surface area contributed by atoms with Crippen molar-refractivity contribution >= 4 is 17.4 Å². The monoisotopic (exact) mass is 492 g/mol. The van der Waals surface area contributed by atoms with Crippen LogP contribution in [0, 0.1) is 12.8 Å². The van der Waals surface area contributed by atoms with Gasteiger partial charge in [0.2, 0.25) is 0 Å². The number of likely N-dealkylation sites (tertiary alicyclic amines) is 1. The zero-order valence-corrected chi connectivity index (χ0v) is 22.5. The highest BCUT2D eigenvalue weighted by molar-refractivity contribution is 6.46. The highest BCUT2D eigenvalue weighted by atomic mass is 16.5. The number of hydrogen-bond donors (Lipinski definition) is 1. The van der Waals surface area contributed by atoms with Crippen LogP contribution in [-0.4, -0.2) is 59.4 Å². The van der Waals surface area contributed by atoms with Crippen molar-refractivity contribution in [1.82, 2.24) is 9.80 Å². The molecule has 1 aliphatic rings. The first-order chi connectivity index (χ1) is 17.2. The third-order valence-electron chi connectivity index (χ3n) is 6.83. The summed E-state index contributed by atoms with van der Waals surface area (Å²) in [5.41, 5.74) is 3.45. The zero-order chi connectivity index (χ0) is 26.4. The van der Waals surface area contributed by atoms with Gasteiger partial charge >= 0.3 is 0 Å². The van der Waals surface area contributed by atoms with Crippen LogP contribution in [0.5, 0.6) is 5.75 Å². The normalized spacial score (nSPS) is 17.4. The molecule has 1 amide bonds. The number of ketones is 1. The standard InChI is InChI=1S/C30H40N2O4/c1-7-22-10-12-23(13-11-22)27-26(29(34)30(35)32(27)17-16-31(8-2)9-3)28(33)25-15-14-24(18-21(25)6)36-19-20(4)5/h10-15,18,20,27,33H,7-9,16-17,19H2,1-6H3. The van der Waals surface area contributed by atoms with E-state index in [0.717, 1.165) is 30.6 Å². The second-order valence-corrected chi connectivity index (χ2v) is 9.80. The van der Waals surface area contributed by atoms with E-state index < -0.39 is 17.7 Å². The van der Waals surface area contributed by atoms with Crippen molar-refractivity contribution in [3.8, 4) is 5.75 Å². The average Bonchev–Trinajstić information content (AvgIpc) is 3.12.